The Morgan fingerprint density at radius 1 is 1.56 bits per heavy atom. The fourth-order valence-corrected chi connectivity index (χ4v) is 1.99. The van der Waals surface area contributed by atoms with Crippen LogP contribution < -0.4 is 5.32 Å². The number of rotatable bonds is 5. The van der Waals surface area contributed by atoms with Gasteiger partial charge in [0, 0.05) is 25.9 Å². The van der Waals surface area contributed by atoms with Crippen molar-refractivity contribution in [3.63, 3.8) is 0 Å². The van der Waals surface area contributed by atoms with Crippen LogP contribution in [0, 0.1) is 0 Å². The number of aromatic nitrogens is 2. The lowest BCUT2D eigenvalue weighted by Gasteiger charge is -2.22. The van der Waals surface area contributed by atoms with Crippen LogP contribution in [0.1, 0.15) is 35.3 Å². The summed E-state index contributed by atoms with van der Waals surface area (Å²) in [5.41, 5.74) is 0.655. The molecule has 0 aliphatic carbocycles. The lowest BCUT2D eigenvalue weighted by atomic mass is 10.1. The Balaban J connectivity index is 1.84. The van der Waals surface area contributed by atoms with Crippen LogP contribution in [0.5, 0.6) is 0 Å². The molecule has 1 aromatic heterocycles. The maximum Gasteiger partial charge on any atom is 0.339 e. The highest BCUT2D eigenvalue weighted by Crippen LogP contribution is 2.12. The van der Waals surface area contributed by atoms with Crippen molar-refractivity contribution in [3.8, 4) is 0 Å². The molecule has 0 aromatic carbocycles. The van der Waals surface area contributed by atoms with Crippen molar-refractivity contribution in [2.45, 2.75) is 31.9 Å². The summed E-state index contributed by atoms with van der Waals surface area (Å²) >= 11 is 0. The molecule has 1 saturated heterocycles. The van der Waals surface area contributed by atoms with Crippen molar-refractivity contribution in [1.29, 1.82) is 0 Å². The molecule has 1 fully saturated rings. The summed E-state index contributed by atoms with van der Waals surface area (Å²) in [5.74, 6) is -0.999. The topological polar surface area (TPSA) is 84.3 Å². The normalized spacial score (nSPS) is 19.7. The van der Waals surface area contributed by atoms with E-state index in [9.17, 15) is 4.79 Å². The van der Waals surface area contributed by atoms with Gasteiger partial charge in [-0.1, -0.05) is 0 Å². The summed E-state index contributed by atoms with van der Waals surface area (Å²) in [5, 5.41) is 12.2. The van der Waals surface area contributed by atoms with Crippen molar-refractivity contribution < 1.29 is 14.6 Å². The van der Waals surface area contributed by atoms with Crippen LogP contribution >= 0.6 is 0 Å². The van der Waals surface area contributed by atoms with Gasteiger partial charge >= 0.3 is 5.97 Å². The van der Waals surface area contributed by atoms with Gasteiger partial charge in [-0.3, -0.25) is 0 Å². The maximum absolute atomic E-state index is 11.0. The highest BCUT2D eigenvalue weighted by atomic mass is 16.5. The van der Waals surface area contributed by atoms with Crippen LogP contribution in [0.4, 0.5) is 0 Å². The SMILES string of the molecule is O=C(O)c1cncnc1CNCC1CCCCO1. The quantitative estimate of drug-likeness (QED) is 0.806. The molecule has 0 amide bonds. The van der Waals surface area contributed by atoms with E-state index >= 15 is 0 Å². The molecular formula is C12H17N3O3. The van der Waals surface area contributed by atoms with Crippen molar-refractivity contribution in [3.05, 3.63) is 23.8 Å². The molecule has 0 spiro atoms. The molecule has 18 heavy (non-hydrogen) atoms. The summed E-state index contributed by atoms with van der Waals surface area (Å²) in [4.78, 5) is 18.7. The number of carboxylic acid groups (broad SMARTS) is 1. The molecule has 6 heteroatoms. The summed E-state index contributed by atoms with van der Waals surface area (Å²) in [7, 11) is 0. The van der Waals surface area contributed by atoms with E-state index in [2.05, 4.69) is 15.3 Å². The predicted octanol–water partition coefficient (Wildman–Crippen LogP) is 0.833. The lowest BCUT2D eigenvalue weighted by molar-refractivity contribution is 0.0167. The molecule has 1 aliphatic heterocycles. The molecule has 0 saturated carbocycles. The van der Waals surface area contributed by atoms with Gasteiger partial charge in [0.15, 0.2) is 0 Å². The van der Waals surface area contributed by atoms with E-state index in [1.54, 1.807) is 0 Å². The van der Waals surface area contributed by atoms with Gasteiger partial charge in [-0.2, -0.15) is 0 Å². The summed E-state index contributed by atoms with van der Waals surface area (Å²) in [6.07, 6.45) is 6.30. The molecule has 1 aromatic rings. The lowest BCUT2D eigenvalue weighted by Crippen LogP contribution is -2.32. The Kier molecular flexibility index (Phi) is 4.60. The number of nitrogens with zero attached hydrogens (tertiary/aromatic N) is 2. The van der Waals surface area contributed by atoms with Gasteiger partial charge in [-0.05, 0) is 19.3 Å². The number of carbonyl (C=O) groups is 1. The fraction of sp³-hybridized carbons (Fsp3) is 0.583. The van der Waals surface area contributed by atoms with Crippen LogP contribution in [0.3, 0.4) is 0 Å². The third-order valence-electron chi connectivity index (χ3n) is 2.96. The highest BCUT2D eigenvalue weighted by Gasteiger charge is 2.15. The zero-order valence-electron chi connectivity index (χ0n) is 10.1. The molecule has 0 radical (unpaired) electrons. The van der Waals surface area contributed by atoms with Crippen LogP contribution in [-0.4, -0.2) is 40.3 Å². The van der Waals surface area contributed by atoms with Gasteiger partial charge in [0.2, 0.25) is 0 Å². The second kappa shape index (κ2) is 6.42. The smallest absolute Gasteiger partial charge is 0.339 e. The third kappa shape index (κ3) is 3.48. The Morgan fingerprint density at radius 3 is 3.17 bits per heavy atom. The van der Waals surface area contributed by atoms with Crippen LogP contribution in [-0.2, 0) is 11.3 Å². The molecule has 1 unspecified atom stereocenters. The first-order valence-corrected chi connectivity index (χ1v) is 6.12. The van der Waals surface area contributed by atoms with E-state index < -0.39 is 5.97 Å². The molecule has 0 bridgehead atoms. The zero-order valence-corrected chi connectivity index (χ0v) is 10.1. The minimum Gasteiger partial charge on any atom is -0.478 e. The number of nitrogens with one attached hydrogen (secondary N) is 1. The largest absolute Gasteiger partial charge is 0.478 e. The van der Waals surface area contributed by atoms with Gasteiger partial charge in [-0.15, -0.1) is 0 Å². The van der Waals surface area contributed by atoms with E-state index in [-0.39, 0.29) is 11.7 Å². The van der Waals surface area contributed by atoms with Crippen LogP contribution in [0.25, 0.3) is 0 Å². The number of hydrogen-bond donors (Lipinski definition) is 2. The second-order valence-electron chi connectivity index (χ2n) is 4.31. The van der Waals surface area contributed by atoms with Crippen LogP contribution in [0.2, 0.25) is 0 Å². The minimum absolute atomic E-state index is 0.148. The summed E-state index contributed by atoms with van der Waals surface area (Å²) in [6.45, 7) is 1.97. The summed E-state index contributed by atoms with van der Waals surface area (Å²) < 4.78 is 5.58. The number of hydrogen-bond acceptors (Lipinski definition) is 5. The van der Waals surface area contributed by atoms with Crippen molar-refractivity contribution in [2.24, 2.45) is 0 Å². The van der Waals surface area contributed by atoms with Gasteiger partial charge in [0.25, 0.3) is 0 Å². The second-order valence-corrected chi connectivity index (χ2v) is 4.31. The Hall–Kier alpha value is -1.53. The highest BCUT2D eigenvalue weighted by molar-refractivity contribution is 5.88. The first kappa shape index (κ1) is 12.9. The molecule has 2 heterocycles. The van der Waals surface area contributed by atoms with Crippen molar-refractivity contribution >= 4 is 5.97 Å². The van der Waals surface area contributed by atoms with Crippen LogP contribution in [0.15, 0.2) is 12.5 Å². The third-order valence-corrected chi connectivity index (χ3v) is 2.96. The standard InChI is InChI=1S/C12H17N3O3/c16-12(17)10-6-14-8-15-11(10)7-13-5-9-3-1-2-4-18-9/h6,8-9,13H,1-5,7H2,(H,16,17). The maximum atomic E-state index is 11.0. The average molecular weight is 251 g/mol. The van der Waals surface area contributed by atoms with E-state index in [1.165, 1.54) is 18.9 Å². The molecule has 1 aliphatic rings. The average Bonchev–Trinajstić information content (AvgIpc) is 2.40. The Labute approximate surface area is 105 Å². The minimum atomic E-state index is -0.999. The molecule has 2 rings (SSSR count). The van der Waals surface area contributed by atoms with E-state index in [0.29, 0.717) is 12.2 Å². The summed E-state index contributed by atoms with van der Waals surface area (Å²) in [6, 6.07) is 0. The van der Waals surface area contributed by atoms with E-state index in [1.807, 2.05) is 0 Å². The van der Waals surface area contributed by atoms with Gasteiger partial charge in [0.1, 0.15) is 11.9 Å². The number of aromatic carboxylic acids is 1. The Morgan fingerprint density at radius 2 is 2.44 bits per heavy atom. The first-order valence-electron chi connectivity index (χ1n) is 6.12. The van der Waals surface area contributed by atoms with Crippen molar-refractivity contribution in [1.82, 2.24) is 15.3 Å². The van der Waals surface area contributed by atoms with Crippen molar-refractivity contribution in [2.75, 3.05) is 13.2 Å². The van der Waals surface area contributed by atoms with E-state index in [4.69, 9.17) is 9.84 Å². The fourth-order valence-electron chi connectivity index (χ4n) is 1.99. The molecule has 2 N–H and O–H groups in total. The van der Waals surface area contributed by atoms with Gasteiger partial charge < -0.3 is 15.2 Å². The molecular weight excluding hydrogens is 234 g/mol. The molecule has 6 nitrogen and oxygen atoms in total. The van der Waals surface area contributed by atoms with Gasteiger partial charge in [-0.25, -0.2) is 14.8 Å². The van der Waals surface area contributed by atoms with Gasteiger partial charge in [0.05, 0.1) is 11.8 Å². The number of carboxylic acids is 1. The zero-order chi connectivity index (χ0) is 12.8. The monoisotopic (exact) mass is 251 g/mol. The molecule has 98 valence electrons. The first-order chi connectivity index (χ1) is 8.77. The Bertz CT molecular complexity index is 405. The number of ether oxygens (including phenoxy) is 1. The molecule has 1 atom stereocenters. The van der Waals surface area contributed by atoms with E-state index in [0.717, 1.165) is 26.0 Å². The predicted molar refractivity (Wildman–Crippen MR) is 64.3 cm³/mol.